The number of guanidine groups is 1. The van der Waals surface area contributed by atoms with Crippen molar-refractivity contribution in [2.75, 3.05) is 26.7 Å². The van der Waals surface area contributed by atoms with Crippen molar-refractivity contribution in [1.82, 2.24) is 15.5 Å². The van der Waals surface area contributed by atoms with E-state index in [4.69, 9.17) is 0 Å². The van der Waals surface area contributed by atoms with E-state index in [-0.39, 0.29) is 24.0 Å². The lowest BCUT2D eigenvalue weighted by molar-refractivity contribution is 0.219. The van der Waals surface area contributed by atoms with Crippen LogP contribution in [-0.4, -0.2) is 43.6 Å². The third kappa shape index (κ3) is 6.96. The molecule has 0 aliphatic heterocycles. The van der Waals surface area contributed by atoms with Crippen LogP contribution in [-0.2, 0) is 0 Å². The fraction of sp³-hybridized carbons (Fsp3) is 0.588. The number of halogens is 1. The largest absolute Gasteiger partial charge is 0.354 e. The minimum atomic E-state index is 0. The van der Waals surface area contributed by atoms with Gasteiger partial charge in [0.25, 0.3) is 0 Å². The number of aliphatic imine (C=N–C) groups is 1. The lowest BCUT2D eigenvalue weighted by atomic mass is 10.1. The monoisotopic (exact) mass is 418 g/mol. The maximum absolute atomic E-state index is 4.28. The summed E-state index contributed by atoms with van der Waals surface area (Å²) in [4.78, 5) is 6.74. The molecule has 1 unspecified atom stereocenters. The predicted octanol–water partition coefficient (Wildman–Crippen LogP) is 3.26. The zero-order chi connectivity index (χ0) is 15.7. The van der Waals surface area contributed by atoms with Gasteiger partial charge in [0, 0.05) is 19.6 Å². The number of nitrogens with one attached hydrogen (secondary N) is 2. The highest BCUT2D eigenvalue weighted by molar-refractivity contribution is 14.0. The molecule has 4 nitrogen and oxygen atoms in total. The Labute approximate surface area is 152 Å². The Bertz CT molecular complexity index is 416. The first-order valence-corrected chi connectivity index (χ1v) is 7.88. The van der Waals surface area contributed by atoms with Crippen LogP contribution in [0.1, 0.15) is 39.3 Å². The molecule has 0 radical (unpaired) electrons. The maximum atomic E-state index is 4.28. The first-order valence-electron chi connectivity index (χ1n) is 7.88. The average molecular weight is 418 g/mol. The third-order valence-electron chi connectivity index (χ3n) is 3.55. The summed E-state index contributed by atoms with van der Waals surface area (Å²) in [6.45, 7) is 11.6. The minimum absolute atomic E-state index is 0. The van der Waals surface area contributed by atoms with E-state index in [0.717, 1.165) is 25.6 Å². The van der Waals surface area contributed by atoms with Crippen molar-refractivity contribution < 1.29 is 0 Å². The van der Waals surface area contributed by atoms with Gasteiger partial charge in [-0.15, -0.1) is 24.0 Å². The topological polar surface area (TPSA) is 39.7 Å². The van der Waals surface area contributed by atoms with Crippen molar-refractivity contribution in [3.63, 3.8) is 0 Å². The highest BCUT2D eigenvalue weighted by atomic mass is 127. The highest BCUT2D eigenvalue weighted by Crippen LogP contribution is 2.19. The highest BCUT2D eigenvalue weighted by Gasteiger charge is 2.18. The van der Waals surface area contributed by atoms with E-state index >= 15 is 0 Å². The predicted molar refractivity (Wildman–Crippen MR) is 107 cm³/mol. The molecule has 0 saturated heterocycles. The SMILES string of the molecule is CCN(CC)C(CNC(=NC)NC(C)C)c1ccccc1.I. The third-order valence-corrected chi connectivity index (χ3v) is 3.55. The normalized spacial score (nSPS) is 13.0. The van der Waals surface area contributed by atoms with Gasteiger partial charge >= 0.3 is 0 Å². The summed E-state index contributed by atoms with van der Waals surface area (Å²) < 4.78 is 0. The van der Waals surface area contributed by atoms with Crippen LogP contribution in [0.4, 0.5) is 0 Å². The molecule has 1 rings (SSSR count). The van der Waals surface area contributed by atoms with Crippen LogP contribution in [0.5, 0.6) is 0 Å². The van der Waals surface area contributed by atoms with E-state index in [1.165, 1.54) is 5.56 Å². The Morgan fingerprint density at radius 1 is 1.14 bits per heavy atom. The van der Waals surface area contributed by atoms with Gasteiger partial charge in [-0.3, -0.25) is 9.89 Å². The van der Waals surface area contributed by atoms with Gasteiger partial charge in [-0.1, -0.05) is 44.2 Å². The van der Waals surface area contributed by atoms with Gasteiger partial charge in [0.2, 0.25) is 0 Å². The van der Waals surface area contributed by atoms with Gasteiger partial charge in [0.15, 0.2) is 5.96 Å². The molecule has 2 N–H and O–H groups in total. The van der Waals surface area contributed by atoms with Crippen molar-refractivity contribution in [2.24, 2.45) is 4.99 Å². The van der Waals surface area contributed by atoms with Crippen LogP contribution >= 0.6 is 24.0 Å². The Morgan fingerprint density at radius 2 is 1.73 bits per heavy atom. The molecular weight excluding hydrogens is 387 g/mol. The first-order chi connectivity index (χ1) is 10.1. The van der Waals surface area contributed by atoms with Crippen LogP contribution < -0.4 is 10.6 Å². The molecule has 1 aromatic rings. The molecule has 0 amide bonds. The van der Waals surface area contributed by atoms with E-state index in [0.29, 0.717) is 12.1 Å². The van der Waals surface area contributed by atoms with Gasteiger partial charge in [-0.2, -0.15) is 0 Å². The summed E-state index contributed by atoms with van der Waals surface area (Å²) in [6, 6.07) is 11.4. The number of hydrogen-bond acceptors (Lipinski definition) is 2. The molecule has 22 heavy (non-hydrogen) atoms. The fourth-order valence-corrected chi connectivity index (χ4v) is 2.46. The Hall–Kier alpha value is -0.820. The molecule has 0 aliphatic carbocycles. The molecule has 0 aliphatic rings. The minimum Gasteiger partial charge on any atom is -0.354 e. The van der Waals surface area contributed by atoms with E-state index < -0.39 is 0 Å². The van der Waals surface area contributed by atoms with Crippen molar-refractivity contribution in [3.05, 3.63) is 35.9 Å². The Morgan fingerprint density at radius 3 is 2.18 bits per heavy atom. The molecule has 126 valence electrons. The second kappa shape index (κ2) is 11.7. The number of rotatable bonds is 7. The first kappa shape index (κ1) is 21.2. The zero-order valence-corrected chi connectivity index (χ0v) is 16.8. The summed E-state index contributed by atoms with van der Waals surface area (Å²) >= 11 is 0. The molecular formula is C17H31IN4. The summed E-state index contributed by atoms with van der Waals surface area (Å²) in [5.74, 6) is 0.859. The number of nitrogens with zero attached hydrogens (tertiary/aromatic N) is 2. The van der Waals surface area contributed by atoms with E-state index in [9.17, 15) is 0 Å². The molecule has 0 fully saturated rings. The fourth-order valence-electron chi connectivity index (χ4n) is 2.46. The van der Waals surface area contributed by atoms with Crippen molar-refractivity contribution in [2.45, 2.75) is 39.8 Å². The van der Waals surface area contributed by atoms with Crippen LogP contribution in [0.25, 0.3) is 0 Å². The van der Waals surface area contributed by atoms with E-state index in [1.807, 2.05) is 7.05 Å². The van der Waals surface area contributed by atoms with Crippen LogP contribution in [0.15, 0.2) is 35.3 Å². The average Bonchev–Trinajstić information content (AvgIpc) is 2.50. The van der Waals surface area contributed by atoms with Crippen molar-refractivity contribution in [3.8, 4) is 0 Å². The van der Waals surface area contributed by atoms with Crippen molar-refractivity contribution in [1.29, 1.82) is 0 Å². The second-order valence-electron chi connectivity index (χ2n) is 5.40. The van der Waals surface area contributed by atoms with Crippen LogP contribution in [0.3, 0.4) is 0 Å². The lowest BCUT2D eigenvalue weighted by Crippen LogP contribution is -2.45. The summed E-state index contributed by atoms with van der Waals surface area (Å²) in [5.41, 5.74) is 1.34. The number of hydrogen-bond donors (Lipinski definition) is 2. The molecule has 0 heterocycles. The molecule has 0 saturated carbocycles. The lowest BCUT2D eigenvalue weighted by Gasteiger charge is -2.31. The van der Waals surface area contributed by atoms with Gasteiger partial charge in [-0.25, -0.2) is 0 Å². The van der Waals surface area contributed by atoms with E-state index in [1.54, 1.807) is 0 Å². The molecule has 5 heteroatoms. The molecule has 1 aromatic carbocycles. The zero-order valence-electron chi connectivity index (χ0n) is 14.5. The second-order valence-corrected chi connectivity index (χ2v) is 5.40. The summed E-state index contributed by atoms with van der Waals surface area (Å²) in [6.07, 6.45) is 0. The number of benzene rings is 1. The molecule has 0 bridgehead atoms. The van der Waals surface area contributed by atoms with Gasteiger partial charge in [0.05, 0.1) is 6.04 Å². The Kier molecular flexibility index (Phi) is 11.3. The molecule has 1 atom stereocenters. The van der Waals surface area contributed by atoms with Crippen LogP contribution in [0.2, 0.25) is 0 Å². The molecule has 0 aromatic heterocycles. The smallest absolute Gasteiger partial charge is 0.191 e. The number of likely N-dealkylation sites (N-methyl/N-ethyl adjacent to an activating group) is 1. The summed E-state index contributed by atoms with van der Waals surface area (Å²) in [7, 11) is 1.81. The van der Waals surface area contributed by atoms with Gasteiger partial charge in [0.1, 0.15) is 0 Å². The quantitative estimate of drug-likeness (QED) is 0.406. The van der Waals surface area contributed by atoms with Crippen molar-refractivity contribution >= 4 is 29.9 Å². The van der Waals surface area contributed by atoms with E-state index in [2.05, 4.69) is 78.6 Å². The summed E-state index contributed by atoms with van der Waals surface area (Å²) in [5, 5.41) is 6.78. The Balaban J connectivity index is 0.00000441. The molecule has 0 spiro atoms. The van der Waals surface area contributed by atoms with Crippen LogP contribution in [0, 0.1) is 0 Å². The maximum Gasteiger partial charge on any atom is 0.191 e. The van der Waals surface area contributed by atoms with Gasteiger partial charge in [-0.05, 0) is 32.5 Å². The standard InChI is InChI=1S/C17H30N4.HI/c1-6-21(7-2)16(15-11-9-8-10-12-15)13-19-17(18-5)20-14(3)4;/h8-12,14,16H,6-7,13H2,1-5H3,(H2,18,19,20);1H. The van der Waals surface area contributed by atoms with Gasteiger partial charge < -0.3 is 10.6 Å².